The molecule has 0 aliphatic carbocycles. The molecule has 118 valence electrons. The maximum atomic E-state index is 12.7. The lowest BCUT2D eigenvalue weighted by molar-refractivity contribution is 0.0715. The van der Waals surface area contributed by atoms with Gasteiger partial charge in [-0.3, -0.25) is 4.79 Å². The number of hydrogen-bond donors (Lipinski definition) is 1. The van der Waals surface area contributed by atoms with Gasteiger partial charge < -0.3 is 10.2 Å². The summed E-state index contributed by atoms with van der Waals surface area (Å²) in [5.41, 5.74) is 2.89. The molecule has 3 heteroatoms. The van der Waals surface area contributed by atoms with Crippen molar-refractivity contribution in [3.05, 3.63) is 72.3 Å². The topological polar surface area (TPSA) is 32.3 Å². The van der Waals surface area contributed by atoms with E-state index in [0.29, 0.717) is 6.04 Å². The average molecular weight is 306 g/mol. The third-order valence-corrected chi connectivity index (χ3v) is 4.25. The number of amides is 1. The summed E-state index contributed by atoms with van der Waals surface area (Å²) in [6.07, 6.45) is 3.91. The minimum atomic E-state index is 0.111. The molecule has 1 amide bonds. The van der Waals surface area contributed by atoms with Gasteiger partial charge in [0, 0.05) is 30.4 Å². The van der Waals surface area contributed by atoms with Gasteiger partial charge in [0.1, 0.15) is 0 Å². The summed E-state index contributed by atoms with van der Waals surface area (Å²) in [5.74, 6) is 0.111. The highest BCUT2D eigenvalue weighted by molar-refractivity contribution is 5.94. The van der Waals surface area contributed by atoms with Crippen LogP contribution in [0.4, 0.5) is 5.69 Å². The van der Waals surface area contributed by atoms with E-state index in [2.05, 4.69) is 24.0 Å². The molecule has 1 aliphatic rings. The van der Waals surface area contributed by atoms with Gasteiger partial charge in [0.25, 0.3) is 5.91 Å². The molecule has 0 radical (unpaired) electrons. The second-order valence-corrected chi connectivity index (χ2v) is 5.93. The van der Waals surface area contributed by atoms with Gasteiger partial charge in [-0.1, -0.05) is 43.0 Å². The number of carbonyl (C=O) groups is 1. The lowest BCUT2D eigenvalue weighted by Gasteiger charge is -2.33. The van der Waals surface area contributed by atoms with E-state index in [9.17, 15) is 4.79 Å². The third-order valence-electron chi connectivity index (χ3n) is 4.25. The highest BCUT2D eigenvalue weighted by Crippen LogP contribution is 2.18. The van der Waals surface area contributed by atoms with Gasteiger partial charge in [0.15, 0.2) is 0 Å². The minimum absolute atomic E-state index is 0.111. The molecule has 3 rings (SSSR count). The summed E-state index contributed by atoms with van der Waals surface area (Å²) < 4.78 is 0. The smallest absolute Gasteiger partial charge is 0.253 e. The number of benzene rings is 2. The largest absolute Gasteiger partial charge is 0.381 e. The van der Waals surface area contributed by atoms with Crippen molar-refractivity contribution in [1.29, 1.82) is 0 Å². The van der Waals surface area contributed by atoms with Crippen molar-refractivity contribution in [2.75, 3.05) is 18.4 Å². The number of carbonyl (C=O) groups excluding carboxylic acids is 1. The number of nitrogens with zero attached hydrogens (tertiary/aromatic N) is 1. The summed E-state index contributed by atoms with van der Waals surface area (Å²) >= 11 is 0. The molecule has 0 aromatic heterocycles. The number of anilines is 1. The summed E-state index contributed by atoms with van der Waals surface area (Å²) in [6, 6.07) is 18.1. The van der Waals surface area contributed by atoms with Gasteiger partial charge >= 0.3 is 0 Å². The molecule has 1 heterocycles. The lowest BCUT2D eigenvalue weighted by Crippen LogP contribution is -2.45. The molecule has 2 aromatic carbocycles. The zero-order chi connectivity index (χ0) is 16.1. The Balaban J connectivity index is 1.65. The molecule has 1 N–H and O–H groups in total. The molecule has 1 saturated heterocycles. The number of piperidine rings is 1. The first-order valence-electron chi connectivity index (χ1n) is 8.09. The van der Waals surface area contributed by atoms with E-state index >= 15 is 0 Å². The number of para-hydroxylation sites is 1. The van der Waals surface area contributed by atoms with E-state index in [0.717, 1.165) is 42.7 Å². The Hall–Kier alpha value is -2.55. The average Bonchev–Trinajstić information content (AvgIpc) is 2.62. The first-order valence-corrected chi connectivity index (χ1v) is 8.09. The summed E-state index contributed by atoms with van der Waals surface area (Å²) in [5, 5.41) is 3.53. The van der Waals surface area contributed by atoms with Crippen LogP contribution in [0.2, 0.25) is 0 Å². The van der Waals surface area contributed by atoms with E-state index in [1.54, 1.807) is 6.08 Å². The summed E-state index contributed by atoms with van der Waals surface area (Å²) in [6.45, 7) is 5.32. The standard InChI is InChI=1S/C20H22N2O/c1-2-16-10-12-17(13-11-16)20(23)22-14-6-9-19(15-22)21-18-7-4-3-5-8-18/h2-5,7-8,10-13,19,21H,1,6,9,14-15H2/t19-/m0/s1. The van der Waals surface area contributed by atoms with Gasteiger partial charge in [0.05, 0.1) is 0 Å². The lowest BCUT2D eigenvalue weighted by atomic mass is 10.0. The normalized spacial score (nSPS) is 17.6. The van der Waals surface area contributed by atoms with Gasteiger partial charge in [-0.2, -0.15) is 0 Å². The Bertz CT molecular complexity index is 664. The zero-order valence-electron chi connectivity index (χ0n) is 13.2. The van der Waals surface area contributed by atoms with Crippen LogP contribution in [0.3, 0.4) is 0 Å². The number of nitrogens with one attached hydrogen (secondary N) is 1. The Morgan fingerprint density at radius 3 is 2.57 bits per heavy atom. The van der Waals surface area contributed by atoms with Crippen LogP contribution in [-0.4, -0.2) is 29.9 Å². The Labute approximate surface area is 137 Å². The molecule has 1 fully saturated rings. The van der Waals surface area contributed by atoms with Crippen LogP contribution < -0.4 is 5.32 Å². The van der Waals surface area contributed by atoms with Gasteiger partial charge in [-0.25, -0.2) is 0 Å². The van der Waals surface area contributed by atoms with E-state index in [1.807, 2.05) is 47.4 Å². The van der Waals surface area contributed by atoms with Crippen molar-refractivity contribution >= 4 is 17.7 Å². The SMILES string of the molecule is C=Cc1ccc(C(=O)N2CCC[C@H](Nc3ccccc3)C2)cc1. The molecular formula is C20H22N2O. The quantitative estimate of drug-likeness (QED) is 0.924. The van der Waals surface area contributed by atoms with E-state index in [-0.39, 0.29) is 5.91 Å². The highest BCUT2D eigenvalue weighted by atomic mass is 16.2. The Kier molecular flexibility index (Phi) is 4.77. The predicted octanol–water partition coefficient (Wildman–Crippen LogP) is 4.05. The molecule has 0 spiro atoms. The van der Waals surface area contributed by atoms with Gasteiger partial charge in [-0.05, 0) is 42.7 Å². The van der Waals surface area contributed by atoms with Crippen LogP contribution in [0.15, 0.2) is 61.2 Å². The summed E-state index contributed by atoms with van der Waals surface area (Å²) in [7, 11) is 0. The van der Waals surface area contributed by atoms with Crippen molar-refractivity contribution in [2.24, 2.45) is 0 Å². The fourth-order valence-electron chi connectivity index (χ4n) is 2.99. The van der Waals surface area contributed by atoms with Gasteiger partial charge in [0.2, 0.25) is 0 Å². The maximum Gasteiger partial charge on any atom is 0.253 e. The van der Waals surface area contributed by atoms with Crippen molar-refractivity contribution in [1.82, 2.24) is 4.90 Å². The number of likely N-dealkylation sites (tertiary alicyclic amines) is 1. The summed E-state index contributed by atoms with van der Waals surface area (Å²) in [4.78, 5) is 14.6. The van der Waals surface area contributed by atoms with Crippen LogP contribution in [0.1, 0.15) is 28.8 Å². The van der Waals surface area contributed by atoms with E-state index in [4.69, 9.17) is 0 Å². The Morgan fingerprint density at radius 1 is 1.13 bits per heavy atom. The molecule has 3 nitrogen and oxygen atoms in total. The van der Waals surface area contributed by atoms with Crippen LogP contribution in [-0.2, 0) is 0 Å². The molecule has 2 aromatic rings. The van der Waals surface area contributed by atoms with E-state index in [1.165, 1.54) is 0 Å². The minimum Gasteiger partial charge on any atom is -0.381 e. The molecule has 0 saturated carbocycles. The first kappa shape index (κ1) is 15.3. The van der Waals surface area contributed by atoms with Crippen molar-refractivity contribution in [3.63, 3.8) is 0 Å². The van der Waals surface area contributed by atoms with Crippen LogP contribution in [0, 0.1) is 0 Å². The molecule has 0 unspecified atom stereocenters. The second-order valence-electron chi connectivity index (χ2n) is 5.93. The number of rotatable bonds is 4. The van der Waals surface area contributed by atoms with Crippen molar-refractivity contribution < 1.29 is 4.79 Å². The molecular weight excluding hydrogens is 284 g/mol. The fourth-order valence-corrected chi connectivity index (χ4v) is 2.99. The highest BCUT2D eigenvalue weighted by Gasteiger charge is 2.24. The molecule has 1 aliphatic heterocycles. The number of hydrogen-bond acceptors (Lipinski definition) is 2. The van der Waals surface area contributed by atoms with Crippen molar-refractivity contribution in [3.8, 4) is 0 Å². The molecule has 0 bridgehead atoms. The van der Waals surface area contributed by atoms with Crippen LogP contribution >= 0.6 is 0 Å². The second kappa shape index (κ2) is 7.14. The van der Waals surface area contributed by atoms with E-state index < -0.39 is 0 Å². The maximum absolute atomic E-state index is 12.7. The van der Waals surface area contributed by atoms with Crippen LogP contribution in [0.25, 0.3) is 6.08 Å². The predicted molar refractivity (Wildman–Crippen MR) is 95.5 cm³/mol. The Morgan fingerprint density at radius 2 is 1.87 bits per heavy atom. The molecule has 1 atom stereocenters. The first-order chi connectivity index (χ1) is 11.3. The van der Waals surface area contributed by atoms with Gasteiger partial charge in [-0.15, -0.1) is 0 Å². The fraction of sp³-hybridized carbons (Fsp3) is 0.250. The monoisotopic (exact) mass is 306 g/mol. The zero-order valence-corrected chi connectivity index (χ0v) is 13.2. The van der Waals surface area contributed by atoms with Crippen LogP contribution in [0.5, 0.6) is 0 Å². The third kappa shape index (κ3) is 3.81. The molecule has 23 heavy (non-hydrogen) atoms. The van der Waals surface area contributed by atoms with Crippen molar-refractivity contribution in [2.45, 2.75) is 18.9 Å².